The third kappa shape index (κ3) is 3.66. The van der Waals surface area contributed by atoms with Crippen molar-refractivity contribution >= 4 is 26.9 Å². The molecule has 2 rings (SSSR count). The van der Waals surface area contributed by atoms with Gasteiger partial charge in [-0.25, -0.2) is 9.71 Å². The average Bonchev–Trinajstić information content (AvgIpc) is 2.43. The quantitative estimate of drug-likeness (QED) is 0.781. The molecule has 0 radical (unpaired) electrons. The Labute approximate surface area is 119 Å². The molecular weight excluding hydrogens is 276 g/mol. The first kappa shape index (κ1) is 14.7. The van der Waals surface area contributed by atoms with Gasteiger partial charge in [0.2, 0.25) is 0 Å². The van der Waals surface area contributed by atoms with Crippen molar-refractivity contribution in [3.63, 3.8) is 0 Å². The van der Waals surface area contributed by atoms with Gasteiger partial charge >= 0.3 is 0 Å². The molecule has 2 aromatic rings. The molecule has 1 aromatic heterocycles. The first-order valence-electron chi connectivity index (χ1n) is 6.26. The van der Waals surface area contributed by atoms with E-state index in [9.17, 15) is 8.42 Å². The highest BCUT2D eigenvalue weighted by Gasteiger charge is 2.11. The van der Waals surface area contributed by atoms with Crippen molar-refractivity contribution in [3.8, 4) is 0 Å². The minimum atomic E-state index is -3.36. The number of benzene rings is 1. The van der Waals surface area contributed by atoms with E-state index in [-0.39, 0.29) is 0 Å². The van der Waals surface area contributed by atoms with E-state index in [1.165, 1.54) is 14.1 Å². The Balaban J connectivity index is 1.90. The van der Waals surface area contributed by atoms with E-state index >= 15 is 0 Å². The molecule has 0 amide bonds. The second-order valence-electron chi connectivity index (χ2n) is 4.50. The monoisotopic (exact) mass is 294 g/mol. The molecule has 20 heavy (non-hydrogen) atoms. The van der Waals surface area contributed by atoms with Crippen LogP contribution < -0.4 is 10.0 Å². The number of anilines is 1. The molecule has 1 aromatic carbocycles. The number of rotatable bonds is 6. The Morgan fingerprint density at radius 1 is 1.10 bits per heavy atom. The zero-order valence-electron chi connectivity index (χ0n) is 11.5. The molecule has 1 heterocycles. The summed E-state index contributed by atoms with van der Waals surface area (Å²) in [5.41, 5.74) is 0.909. The van der Waals surface area contributed by atoms with Crippen LogP contribution in [0.5, 0.6) is 0 Å². The molecule has 0 saturated carbocycles. The van der Waals surface area contributed by atoms with Gasteiger partial charge in [-0.15, -0.1) is 0 Å². The van der Waals surface area contributed by atoms with Crippen LogP contribution in [0, 0.1) is 0 Å². The fourth-order valence-electron chi connectivity index (χ4n) is 1.66. The Hall–Kier alpha value is -1.70. The zero-order valence-corrected chi connectivity index (χ0v) is 12.3. The molecule has 0 aliphatic carbocycles. The Kier molecular flexibility index (Phi) is 4.53. The highest BCUT2D eigenvalue weighted by atomic mass is 32.2. The van der Waals surface area contributed by atoms with Gasteiger partial charge in [0.05, 0.1) is 5.52 Å². The second kappa shape index (κ2) is 6.17. The summed E-state index contributed by atoms with van der Waals surface area (Å²) >= 11 is 0. The summed E-state index contributed by atoms with van der Waals surface area (Å²) in [6, 6.07) is 11.7. The molecule has 6 nitrogen and oxygen atoms in total. The molecule has 0 fully saturated rings. The van der Waals surface area contributed by atoms with Crippen LogP contribution in [0.1, 0.15) is 0 Å². The third-order valence-corrected chi connectivity index (χ3v) is 4.33. The predicted octanol–water partition coefficient (Wildman–Crippen LogP) is 1.04. The van der Waals surface area contributed by atoms with Gasteiger partial charge in [0.25, 0.3) is 10.2 Å². The summed E-state index contributed by atoms with van der Waals surface area (Å²) in [6.45, 7) is 0.771. The van der Waals surface area contributed by atoms with Crippen LogP contribution in [-0.2, 0) is 10.2 Å². The van der Waals surface area contributed by atoms with E-state index in [2.05, 4.69) is 15.0 Å². The molecule has 0 saturated heterocycles. The minimum Gasteiger partial charge on any atom is -0.369 e. The summed E-state index contributed by atoms with van der Waals surface area (Å²) in [5, 5.41) is 4.17. The molecule has 7 heteroatoms. The molecule has 0 spiro atoms. The molecule has 0 aliphatic rings. The second-order valence-corrected chi connectivity index (χ2v) is 6.47. The van der Waals surface area contributed by atoms with Crippen LogP contribution in [-0.4, -0.2) is 44.9 Å². The first-order valence-corrected chi connectivity index (χ1v) is 7.70. The van der Waals surface area contributed by atoms with Crippen LogP contribution in [0.3, 0.4) is 0 Å². The number of hydrogen-bond donors (Lipinski definition) is 2. The van der Waals surface area contributed by atoms with Crippen LogP contribution in [0.15, 0.2) is 36.4 Å². The standard InChI is InChI=1S/C13H18N4O2S/c1-17(2)20(18,19)15-10-9-14-13-8-7-11-5-3-4-6-12(11)16-13/h3-8,15H,9-10H2,1-2H3,(H,14,16). The van der Waals surface area contributed by atoms with Crippen molar-refractivity contribution in [1.82, 2.24) is 14.0 Å². The lowest BCUT2D eigenvalue weighted by Gasteiger charge is -2.12. The lowest BCUT2D eigenvalue weighted by atomic mass is 10.2. The maximum Gasteiger partial charge on any atom is 0.278 e. The topological polar surface area (TPSA) is 74.3 Å². The number of pyridine rings is 1. The Morgan fingerprint density at radius 2 is 1.85 bits per heavy atom. The molecule has 0 aliphatic heterocycles. The molecule has 0 bridgehead atoms. The number of aromatic nitrogens is 1. The Morgan fingerprint density at radius 3 is 2.60 bits per heavy atom. The van der Waals surface area contributed by atoms with Gasteiger partial charge in [-0.1, -0.05) is 18.2 Å². The van der Waals surface area contributed by atoms with Crippen molar-refractivity contribution in [2.75, 3.05) is 32.5 Å². The van der Waals surface area contributed by atoms with E-state index in [1.54, 1.807) is 0 Å². The fourth-order valence-corrected chi connectivity index (χ4v) is 2.28. The molecule has 2 N–H and O–H groups in total. The van der Waals surface area contributed by atoms with Crippen molar-refractivity contribution in [2.24, 2.45) is 0 Å². The van der Waals surface area contributed by atoms with E-state index in [1.807, 2.05) is 36.4 Å². The summed E-state index contributed by atoms with van der Waals surface area (Å²) in [6.07, 6.45) is 0. The summed E-state index contributed by atoms with van der Waals surface area (Å²) in [7, 11) is -0.391. The normalized spacial score (nSPS) is 11.9. The highest BCUT2D eigenvalue weighted by Crippen LogP contribution is 2.13. The van der Waals surface area contributed by atoms with Crippen LogP contribution in [0.2, 0.25) is 0 Å². The van der Waals surface area contributed by atoms with Gasteiger partial charge in [-0.05, 0) is 18.2 Å². The summed E-state index contributed by atoms with van der Waals surface area (Å²) < 4.78 is 26.6. The number of nitrogens with one attached hydrogen (secondary N) is 2. The maximum atomic E-state index is 11.5. The Bertz CT molecular complexity index is 686. The van der Waals surface area contributed by atoms with Crippen molar-refractivity contribution < 1.29 is 8.42 Å². The maximum absolute atomic E-state index is 11.5. The summed E-state index contributed by atoms with van der Waals surface area (Å²) in [5.74, 6) is 0.729. The van der Waals surface area contributed by atoms with Gasteiger partial charge in [0, 0.05) is 32.6 Å². The minimum absolute atomic E-state index is 0.301. The van der Waals surface area contributed by atoms with Gasteiger partial charge in [-0.3, -0.25) is 0 Å². The smallest absolute Gasteiger partial charge is 0.278 e. The zero-order chi connectivity index (χ0) is 14.6. The van der Waals surface area contributed by atoms with Crippen LogP contribution >= 0.6 is 0 Å². The molecular formula is C13H18N4O2S. The average molecular weight is 294 g/mol. The number of nitrogens with zero attached hydrogens (tertiary/aromatic N) is 2. The summed E-state index contributed by atoms with van der Waals surface area (Å²) in [4.78, 5) is 4.45. The van der Waals surface area contributed by atoms with Gasteiger partial charge in [-0.2, -0.15) is 12.7 Å². The number of hydrogen-bond acceptors (Lipinski definition) is 4. The van der Waals surface area contributed by atoms with Crippen molar-refractivity contribution in [1.29, 1.82) is 0 Å². The van der Waals surface area contributed by atoms with Gasteiger partial charge in [0.15, 0.2) is 0 Å². The first-order chi connectivity index (χ1) is 9.49. The van der Waals surface area contributed by atoms with Gasteiger partial charge < -0.3 is 5.32 Å². The SMILES string of the molecule is CN(C)S(=O)(=O)NCCNc1ccc2ccccc2n1. The number of fused-ring (bicyclic) bond motifs is 1. The lowest BCUT2D eigenvalue weighted by molar-refractivity contribution is 0.507. The molecule has 108 valence electrons. The van der Waals surface area contributed by atoms with Crippen molar-refractivity contribution in [2.45, 2.75) is 0 Å². The van der Waals surface area contributed by atoms with E-state index in [0.29, 0.717) is 13.1 Å². The van der Waals surface area contributed by atoms with Crippen LogP contribution in [0.4, 0.5) is 5.82 Å². The molecule has 0 atom stereocenters. The predicted molar refractivity (Wildman–Crippen MR) is 80.8 cm³/mol. The fraction of sp³-hybridized carbons (Fsp3) is 0.308. The molecule has 0 unspecified atom stereocenters. The van der Waals surface area contributed by atoms with E-state index < -0.39 is 10.2 Å². The van der Waals surface area contributed by atoms with Crippen molar-refractivity contribution in [3.05, 3.63) is 36.4 Å². The lowest BCUT2D eigenvalue weighted by Crippen LogP contribution is -2.38. The largest absolute Gasteiger partial charge is 0.369 e. The van der Waals surface area contributed by atoms with Crippen LogP contribution in [0.25, 0.3) is 10.9 Å². The third-order valence-electron chi connectivity index (χ3n) is 2.79. The van der Waals surface area contributed by atoms with E-state index in [4.69, 9.17) is 0 Å². The van der Waals surface area contributed by atoms with Gasteiger partial charge in [0.1, 0.15) is 5.82 Å². The number of para-hydroxylation sites is 1. The highest BCUT2D eigenvalue weighted by molar-refractivity contribution is 7.87. The van der Waals surface area contributed by atoms with E-state index in [0.717, 1.165) is 21.0 Å².